The molecule has 3 rings (SSSR count). The molecule has 1 atom stereocenters. The normalized spacial score (nSPS) is 17.8. The highest BCUT2D eigenvalue weighted by atomic mass is 35.5. The van der Waals surface area contributed by atoms with Gasteiger partial charge in [0.2, 0.25) is 0 Å². The third-order valence-corrected chi connectivity index (χ3v) is 4.39. The molecule has 1 saturated heterocycles. The lowest BCUT2D eigenvalue weighted by Crippen LogP contribution is -2.40. The first-order valence-electron chi connectivity index (χ1n) is 7.42. The van der Waals surface area contributed by atoms with E-state index in [9.17, 15) is 5.11 Å². The van der Waals surface area contributed by atoms with Crippen LogP contribution in [0.4, 0.5) is 0 Å². The van der Waals surface area contributed by atoms with E-state index in [4.69, 9.17) is 16.3 Å². The molecule has 22 heavy (non-hydrogen) atoms. The van der Waals surface area contributed by atoms with Gasteiger partial charge in [-0.05, 0) is 32.0 Å². The summed E-state index contributed by atoms with van der Waals surface area (Å²) in [6.07, 6.45) is 4.66. The van der Waals surface area contributed by atoms with Gasteiger partial charge in [-0.15, -0.1) is 0 Å². The summed E-state index contributed by atoms with van der Waals surface area (Å²) < 4.78 is 7.09. The van der Waals surface area contributed by atoms with E-state index in [2.05, 4.69) is 4.98 Å². The summed E-state index contributed by atoms with van der Waals surface area (Å²) in [6.45, 7) is 1.50. The predicted octanol–water partition coefficient (Wildman–Crippen LogP) is 2.76. The van der Waals surface area contributed by atoms with E-state index in [0.717, 1.165) is 37.3 Å². The first-order chi connectivity index (χ1) is 10.6. The SMILES string of the molecule is CN(C1CCOCC1)C(O)n1cnc(-c2ccc(Cl)cc2)c1. The number of aromatic nitrogens is 2. The Hall–Kier alpha value is -1.40. The summed E-state index contributed by atoms with van der Waals surface area (Å²) in [5, 5.41) is 11.2. The Balaban J connectivity index is 1.73. The van der Waals surface area contributed by atoms with Crippen LogP contribution in [0.2, 0.25) is 5.02 Å². The lowest BCUT2D eigenvalue weighted by Gasteiger charge is -2.34. The number of rotatable bonds is 4. The zero-order chi connectivity index (χ0) is 15.5. The van der Waals surface area contributed by atoms with Gasteiger partial charge in [0.15, 0.2) is 6.35 Å². The maximum absolute atomic E-state index is 10.5. The number of nitrogens with zero attached hydrogens (tertiary/aromatic N) is 3. The van der Waals surface area contributed by atoms with E-state index in [1.165, 1.54) is 0 Å². The second-order valence-corrected chi connectivity index (χ2v) is 6.00. The van der Waals surface area contributed by atoms with E-state index in [1.54, 1.807) is 10.9 Å². The highest BCUT2D eigenvalue weighted by Gasteiger charge is 2.24. The summed E-state index contributed by atoms with van der Waals surface area (Å²) in [5.74, 6) is 0. The van der Waals surface area contributed by atoms with Crippen LogP contribution in [0.5, 0.6) is 0 Å². The van der Waals surface area contributed by atoms with E-state index < -0.39 is 6.35 Å². The van der Waals surface area contributed by atoms with Crippen LogP contribution in [0, 0.1) is 0 Å². The van der Waals surface area contributed by atoms with E-state index in [1.807, 2.05) is 42.4 Å². The molecule has 118 valence electrons. The minimum absolute atomic E-state index is 0.324. The van der Waals surface area contributed by atoms with Gasteiger partial charge in [-0.25, -0.2) is 4.98 Å². The molecule has 6 heteroatoms. The zero-order valence-corrected chi connectivity index (χ0v) is 13.3. The van der Waals surface area contributed by atoms with Crippen molar-refractivity contribution in [3.05, 3.63) is 41.8 Å². The topological polar surface area (TPSA) is 50.5 Å². The van der Waals surface area contributed by atoms with Crippen LogP contribution in [0.15, 0.2) is 36.8 Å². The Bertz CT molecular complexity index is 608. The molecule has 2 aromatic rings. The van der Waals surface area contributed by atoms with Gasteiger partial charge in [0.05, 0.1) is 12.0 Å². The van der Waals surface area contributed by atoms with Gasteiger partial charge in [0.1, 0.15) is 0 Å². The van der Waals surface area contributed by atoms with Crippen LogP contribution < -0.4 is 0 Å². The van der Waals surface area contributed by atoms with Crippen LogP contribution >= 0.6 is 11.6 Å². The predicted molar refractivity (Wildman–Crippen MR) is 85.5 cm³/mol. The number of hydrogen-bond donors (Lipinski definition) is 1. The Morgan fingerprint density at radius 1 is 1.32 bits per heavy atom. The monoisotopic (exact) mass is 321 g/mol. The molecule has 1 fully saturated rings. The molecule has 1 unspecified atom stereocenters. The zero-order valence-electron chi connectivity index (χ0n) is 12.5. The van der Waals surface area contributed by atoms with Crippen LogP contribution in [-0.4, -0.2) is 45.9 Å². The first-order valence-corrected chi connectivity index (χ1v) is 7.80. The fraction of sp³-hybridized carbons (Fsp3) is 0.438. The Kier molecular flexibility index (Phi) is 4.78. The average Bonchev–Trinajstić information content (AvgIpc) is 3.05. The van der Waals surface area contributed by atoms with Crippen molar-refractivity contribution in [3.63, 3.8) is 0 Å². The van der Waals surface area contributed by atoms with Crippen molar-refractivity contribution in [2.75, 3.05) is 20.3 Å². The highest BCUT2D eigenvalue weighted by Crippen LogP contribution is 2.23. The lowest BCUT2D eigenvalue weighted by atomic mass is 10.1. The molecule has 2 heterocycles. The summed E-state index contributed by atoms with van der Waals surface area (Å²) in [6, 6.07) is 7.83. The van der Waals surface area contributed by atoms with Crippen LogP contribution in [0.25, 0.3) is 11.3 Å². The van der Waals surface area contributed by atoms with Crippen molar-refractivity contribution >= 4 is 11.6 Å². The molecule has 0 amide bonds. The Morgan fingerprint density at radius 2 is 2.00 bits per heavy atom. The fourth-order valence-electron chi connectivity index (χ4n) is 2.72. The summed E-state index contributed by atoms with van der Waals surface area (Å²) in [7, 11) is 1.93. The molecule has 0 radical (unpaired) electrons. The van der Waals surface area contributed by atoms with Crippen LogP contribution in [0.1, 0.15) is 19.2 Å². The molecular weight excluding hydrogens is 302 g/mol. The van der Waals surface area contributed by atoms with Gasteiger partial charge in [0.25, 0.3) is 0 Å². The molecule has 1 aromatic heterocycles. The maximum Gasteiger partial charge on any atom is 0.191 e. The first kappa shape index (κ1) is 15.5. The number of aliphatic hydroxyl groups excluding tert-OH is 1. The third kappa shape index (κ3) is 3.33. The number of hydrogen-bond acceptors (Lipinski definition) is 4. The number of imidazole rings is 1. The van der Waals surface area contributed by atoms with Crippen molar-refractivity contribution < 1.29 is 9.84 Å². The average molecular weight is 322 g/mol. The molecular formula is C16H20ClN3O2. The molecule has 0 spiro atoms. The molecule has 1 aliphatic rings. The van der Waals surface area contributed by atoms with Crippen molar-refractivity contribution in [1.29, 1.82) is 0 Å². The summed E-state index contributed by atoms with van der Waals surface area (Å²) in [4.78, 5) is 6.34. The van der Waals surface area contributed by atoms with Crippen molar-refractivity contribution in [2.24, 2.45) is 0 Å². The number of ether oxygens (including phenoxy) is 1. The minimum atomic E-state index is -0.725. The van der Waals surface area contributed by atoms with Crippen LogP contribution in [-0.2, 0) is 4.74 Å². The molecule has 0 bridgehead atoms. The maximum atomic E-state index is 10.5. The van der Waals surface area contributed by atoms with Gasteiger partial charge in [-0.3, -0.25) is 9.47 Å². The Labute approximate surface area is 135 Å². The minimum Gasteiger partial charge on any atom is -0.381 e. The second-order valence-electron chi connectivity index (χ2n) is 5.57. The molecule has 0 saturated carbocycles. The summed E-state index contributed by atoms with van der Waals surface area (Å²) >= 11 is 5.90. The smallest absolute Gasteiger partial charge is 0.191 e. The van der Waals surface area contributed by atoms with E-state index >= 15 is 0 Å². The molecule has 1 aromatic carbocycles. The Morgan fingerprint density at radius 3 is 2.68 bits per heavy atom. The number of aliphatic hydroxyl groups is 1. The number of halogens is 1. The van der Waals surface area contributed by atoms with Gasteiger partial charge in [-0.2, -0.15) is 0 Å². The summed E-state index contributed by atoms with van der Waals surface area (Å²) in [5.41, 5.74) is 1.79. The van der Waals surface area contributed by atoms with E-state index in [-0.39, 0.29) is 0 Å². The standard InChI is InChI=1S/C16H20ClN3O2/c1-19(14-6-8-22-9-7-14)16(21)20-10-15(18-11-20)12-2-4-13(17)5-3-12/h2-5,10-11,14,16,21H,6-9H2,1H3. The molecule has 1 aliphatic heterocycles. The van der Waals surface area contributed by atoms with Crippen LogP contribution in [0.3, 0.4) is 0 Å². The quantitative estimate of drug-likeness (QED) is 0.880. The number of benzene rings is 1. The molecule has 5 nitrogen and oxygen atoms in total. The highest BCUT2D eigenvalue weighted by molar-refractivity contribution is 6.30. The van der Waals surface area contributed by atoms with Gasteiger partial charge in [0, 0.05) is 36.0 Å². The van der Waals surface area contributed by atoms with Crippen molar-refractivity contribution in [3.8, 4) is 11.3 Å². The van der Waals surface area contributed by atoms with Crippen molar-refractivity contribution in [1.82, 2.24) is 14.5 Å². The molecule has 1 N–H and O–H groups in total. The third-order valence-electron chi connectivity index (χ3n) is 4.14. The lowest BCUT2D eigenvalue weighted by molar-refractivity contribution is -0.0849. The molecule has 0 aliphatic carbocycles. The van der Waals surface area contributed by atoms with Gasteiger partial charge in [-0.1, -0.05) is 23.7 Å². The largest absolute Gasteiger partial charge is 0.381 e. The van der Waals surface area contributed by atoms with Crippen molar-refractivity contribution in [2.45, 2.75) is 25.2 Å². The van der Waals surface area contributed by atoms with E-state index in [0.29, 0.717) is 11.1 Å². The fourth-order valence-corrected chi connectivity index (χ4v) is 2.85. The van der Waals surface area contributed by atoms with Gasteiger partial charge >= 0.3 is 0 Å². The van der Waals surface area contributed by atoms with Gasteiger partial charge < -0.3 is 9.84 Å². The second kappa shape index (κ2) is 6.79.